The Morgan fingerprint density at radius 3 is 2.71 bits per heavy atom. The maximum absolute atomic E-state index is 6.08. The Morgan fingerprint density at radius 2 is 1.94 bits per heavy atom. The summed E-state index contributed by atoms with van der Waals surface area (Å²) in [6, 6.07) is 12.2. The van der Waals surface area contributed by atoms with Crippen LogP contribution in [0, 0.1) is 12.8 Å². The van der Waals surface area contributed by atoms with Gasteiger partial charge in [0.1, 0.15) is 5.75 Å². The molecular formula is C23H33IN6O. The molecule has 0 aliphatic rings. The largest absolute Gasteiger partial charge is 0.493 e. The lowest BCUT2D eigenvalue weighted by atomic mass is 10.1. The summed E-state index contributed by atoms with van der Waals surface area (Å²) in [5, 5.41) is 15.1. The average Bonchev–Trinajstić information content (AvgIpc) is 3.15. The minimum absolute atomic E-state index is 0. The van der Waals surface area contributed by atoms with Crippen LogP contribution in [0.1, 0.15) is 43.6 Å². The van der Waals surface area contributed by atoms with Crippen LogP contribution in [0.15, 0.2) is 47.6 Å². The number of benzene rings is 1. The second kappa shape index (κ2) is 12.5. The number of ether oxygens (including phenoxy) is 1. The second-order valence-corrected chi connectivity index (χ2v) is 7.82. The van der Waals surface area contributed by atoms with Crippen LogP contribution in [0.2, 0.25) is 0 Å². The van der Waals surface area contributed by atoms with E-state index in [4.69, 9.17) is 4.74 Å². The first kappa shape index (κ1) is 24.9. The summed E-state index contributed by atoms with van der Waals surface area (Å²) in [7, 11) is 1.76. The van der Waals surface area contributed by atoms with Crippen LogP contribution >= 0.6 is 24.0 Å². The predicted octanol–water partition coefficient (Wildman–Crippen LogP) is 4.34. The molecule has 8 heteroatoms. The Balaban J connectivity index is 0.00000341. The van der Waals surface area contributed by atoms with Crippen LogP contribution in [-0.2, 0) is 13.1 Å². The van der Waals surface area contributed by atoms with Crippen molar-refractivity contribution in [1.29, 1.82) is 0 Å². The number of pyridine rings is 1. The SMILES string of the molecule is CN=C(NCc1ccc(C)cc1OCCCC(C)C)NCc1nnc2ccccn12.I. The summed E-state index contributed by atoms with van der Waals surface area (Å²) in [6.45, 7) is 8.45. The fourth-order valence-electron chi connectivity index (χ4n) is 3.19. The van der Waals surface area contributed by atoms with E-state index in [9.17, 15) is 0 Å². The Hall–Kier alpha value is -2.36. The third-order valence-corrected chi connectivity index (χ3v) is 4.87. The molecule has 0 aliphatic carbocycles. The van der Waals surface area contributed by atoms with Crippen LogP contribution in [0.3, 0.4) is 0 Å². The standard InChI is InChI=1S/C23H32N6O.HI/c1-17(2)8-7-13-30-20-14-18(3)10-11-19(20)15-25-23(24-4)26-16-22-28-27-21-9-5-6-12-29(21)22;/h5-6,9-12,14,17H,7-8,13,15-16H2,1-4H3,(H2,24,25,26);1H. The van der Waals surface area contributed by atoms with E-state index in [1.54, 1.807) is 7.05 Å². The molecule has 0 atom stereocenters. The molecule has 0 fully saturated rings. The first-order valence-electron chi connectivity index (χ1n) is 10.5. The maximum atomic E-state index is 6.08. The van der Waals surface area contributed by atoms with Gasteiger partial charge in [-0.1, -0.05) is 32.0 Å². The number of guanidine groups is 1. The molecule has 168 valence electrons. The summed E-state index contributed by atoms with van der Waals surface area (Å²) in [6.07, 6.45) is 4.19. The molecule has 0 bridgehead atoms. The highest BCUT2D eigenvalue weighted by Crippen LogP contribution is 2.21. The molecule has 0 radical (unpaired) electrons. The van der Waals surface area contributed by atoms with Crippen LogP contribution in [0.25, 0.3) is 5.65 Å². The number of rotatable bonds is 9. The van der Waals surface area contributed by atoms with E-state index in [0.29, 0.717) is 25.0 Å². The van der Waals surface area contributed by atoms with Gasteiger partial charge in [-0.25, -0.2) is 0 Å². The van der Waals surface area contributed by atoms with Gasteiger partial charge in [0.15, 0.2) is 17.4 Å². The van der Waals surface area contributed by atoms with Gasteiger partial charge in [-0.05, 0) is 49.4 Å². The van der Waals surface area contributed by atoms with Crippen molar-refractivity contribution in [3.05, 3.63) is 59.5 Å². The average molecular weight is 536 g/mol. The molecule has 0 aliphatic heterocycles. The van der Waals surface area contributed by atoms with Crippen LogP contribution < -0.4 is 15.4 Å². The fourth-order valence-corrected chi connectivity index (χ4v) is 3.19. The topological polar surface area (TPSA) is 75.8 Å². The Bertz CT molecular complexity index is 985. The van der Waals surface area contributed by atoms with E-state index in [1.165, 1.54) is 12.0 Å². The van der Waals surface area contributed by atoms with Gasteiger partial charge >= 0.3 is 0 Å². The fraction of sp³-hybridized carbons (Fsp3) is 0.435. The summed E-state index contributed by atoms with van der Waals surface area (Å²) in [5.74, 6) is 3.17. The van der Waals surface area contributed by atoms with Gasteiger partial charge in [-0.15, -0.1) is 34.2 Å². The summed E-state index contributed by atoms with van der Waals surface area (Å²) >= 11 is 0. The third kappa shape index (κ3) is 7.37. The Labute approximate surface area is 201 Å². The Kier molecular flexibility index (Phi) is 10.0. The zero-order valence-corrected chi connectivity index (χ0v) is 21.1. The van der Waals surface area contributed by atoms with Gasteiger partial charge in [-0.2, -0.15) is 0 Å². The maximum Gasteiger partial charge on any atom is 0.191 e. The molecule has 7 nitrogen and oxygen atoms in total. The van der Waals surface area contributed by atoms with E-state index >= 15 is 0 Å². The zero-order chi connectivity index (χ0) is 21.3. The minimum atomic E-state index is 0. The number of halogens is 1. The van der Waals surface area contributed by atoms with E-state index in [0.717, 1.165) is 35.8 Å². The number of aryl methyl sites for hydroxylation is 1. The second-order valence-electron chi connectivity index (χ2n) is 7.82. The first-order valence-corrected chi connectivity index (χ1v) is 10.5. The first-order chi connectivity index (χ1) is 14.6. The van der Waals surface area contributed by atoms with Crippen molar-refractivity contribution in [2.45, 2.75) is 46.7 Å². The molecule has 2 aromatic heterocycles. The van der Waals surface area contributed by atoms with Crippen molar-refractivity contribution in [1.82, 2.24) is 25.2 Å². The summed E-state index contributed by atoms with van der Waals surface area (Å²) < 4.78 is 8.04. The smallest absolute Gasteiger partial charge is 0.191 e. The van der Waals surface area contributed by atoms with Gasteiger partial charge in [-0.3, -0.25) is 9.39 Å². The van der Waals surface area contributed by atoms with Crippen molar-refractivity contribution >= 4 is 35.6 Å². The van der Waals surface area contributed by atoms with Gasteiger partial charge in [0.05, 0.1) is 13.2 Å². The van der Waals surface area contributed by atoms with Crippen LogP contribution in [-0.4, -0.2) is 34.2 Å². The van der Waals surface area contributed by atoms with Crippen molar-refractivity contribution < 1.29 is 4.74 Å². The molecule has 2 heterocycles. The summed E-state index contributed by atoms with van der Waals surface area (Å²) in [5.41, 5.74) is 3.14. The lowest BCUT2D eigenvalue weighted by molar-refractivity contribution is 0.294. The molecule has 0 saturated carbocycles. The van der Waals surface area contributed by atoms with E-state index in [1.807, 2.05) is 28.8 Å². The third-order valence-electron chi connectivity index (χ3n) is 4.87. The Morgan fingerprint density at radius 1 is 1.13 bits per heavy atom. The molecule has 3 aromatic rings. The highest BCUT2D eigenvalue weighted by Gasteiger charge is 2.08. The highest BCUT2D eigenvalue weighted by atomic mass is 127. The van der Waals surface area contributed by atoms with Gasteiger partial charge < -0.3 is 15.4 Å². The molecule has 0 amide bonds. The molecule has 0 saturated heterocycles. The number of hydrogen-bond donors (Lipinski definition) is 2. The van der Waals surface area contributed by atoms with Gasteiger partial charge in [0, 0.05) is 25.4 Å². The number of nitrogens with one attached hydrogen (secondary N) is 2. The number of aromatic nitrogens is 3. The lowest BCUT2D eigenvalue weighted by Gasteiger charge is -2.15. The van der Waals surface area contributed by atoms with Crippen molar-refractivity contribution in [2.75, 3.05) is 13.7 Å². The molecule has 0 unspecified atom stereocenters. The monoisotopic (exact) mass is 536 g/mol. The van der Waals surface area contributed by atoms with Crippen LogP contribution in [0.4, 0.5) is 0 Å². The van der Waals surface area contributed by atoms with Gasteiger partial charge in [0.2, 0.25) is 0 Å². The van der Waals surface area contributed by atoms with E-state index in [2.05, 4.69) is 64.8 Å². The van der Waals surface area contributed by atoms with Crippen molar-refractivity contribution in [3.63, 3.8) is 0 Å². The quantitative estimate of drug-likeness (QED) is 0.184. The number of hydrogen-bond acceptors (Lipinski definition) is 4. The minimum Gasteiger partial charge on any atom is -0.493 e. The lowest BCUT2D eigenvalue weighted by Crippen LogP contribution is -2.36. The van der Waals surface area contributed by atoms with Crippen LogP contribution in [0.5, 0.6) is 5.75 Å². The number of aliphatic imine (C=N–C) groups is 1. The van der Waals surface area contributed by atoms with Crippen molar-refractivity contribution in [3.8, 4) is 5.75 Å². The molecule has 2 N–H and O–H groups in total. The number of nitrogens with zero attached hydrogens (tertiary/aromatic N) is 4. The molecular weight excluding hydrogens is 503 g/mol. The molecule has 3 rings (SSSR count). The number of fused-ring (bicyclic) bond motifs is 1. The summed E-state index contributed by atoms with van der Waals surface area (Å²) in [4.78, 5) is 4.32. The van der Waals surface area contributed by atoms with E-state index < -0.39 is 0 Å². The van der Waals surface area contributed by atoms with E-state index in [-0.39, 0.29) is 24.0 Å². The predicted molar refractivity (Wildman–Crippen MR) is 136 cm³/mol. The molecule has 1 aromatic carbocycles. The molecule has 0 spiro atoms. The highest BCUT2D eigenvalue weighted by molar-refractivity contribution is 14.0. The van der Waals surface area contributed by atoms with Crippen molar-refractivity contribution in [2.24, 2.45) is 10.9 Å². The normalized spacial score (nSPS) is 11.5. The molecule has 31 heavy (non-hydrogen) atoms. The zero-order valence-electron chi connectivity index (χ0n) is 18.8. The van der Waals surface area contributed by atoms with Gasteiger partial charge in [0.25, 0.3) is 0 Å².